The fourth-order valence-electron chi connectivity index (χ4n) is 5.35. The zero-order chi connectivity index (χ0) is 25.2. The Morgan fingerprint density at radius 3 is 2.17 bits per heavy atom. The number of piperidine rings is 1. The Labute approximate surface area is 222 Å². The van der Waals surface area contributed by atoms with E-state index in [0.717, 1.165) is 54.3 Å². The van der Waals surface area contributed by atoms with Crippen molar-refractivity contribution in [1.82, 2.24) is 8.43 Å². The van der Waals surface area contributed by atoms with Crippen molar-refractivity contribution < 1.29 is 22.7 Å². The topological polar surface area (TPSA) is 41.6 Å². The van der Waals surface area contributed by atoms with Gasteiger partial charge in [0.2, 0.25) is 0 Å². The summed E-state index contributed by atoms with van der Waals surface area (Å²) in [5.74, 6) is -3.17. The second-order valence-corrected chi connectivity index (χ2v) is 10.8. The number of rotatable bonds is 6. The summed E-state index contributed by atoms with van der Waals surface area (Å²) in [5.41, 5.74) is 4.54. The van der Waals surface area contributed by atoms with E-state index in [0.29, 0.717) is 6.07 Å². The number of hydrogen-bond acceptors (Lipinski definition) is 3. The number of ether oxygens (including phenoxy) is 1. The molecule has 3 aromatic rings. The van der Waals surface area contributed by atoms with E-state index in [1.165, 1.54) is 0 Å². The number of carbonyl (C=O) groups excluding carboxylic acids is 1. The van der Waals surface area contributed by atoms with Crippen LogP contribution in [0.3, 0.4) is 0 Å². The smallest absolute Gasteiger partial charge is 0.407 e. The molecule has 0 saturated carbocycles. The summed E-state index contributed by atoms with van der Waals surface area (Å²) >= 11 is 2.26. The van der Waals surface area contributed by atoms with Crippen LogP contribution < -0.4 is 5.32 Å². The van der Waals surface area contributed by atoms with Gasteiger partial charge in [-0.15, -0.1) is 0 Å². The number of fused-ring (bicyclic) bond motifs is 3. The molecule has 1 aliphatic heterocycles. The van der Waals surface area contributed by atoms with Gasteiger partial charge >= 0.3 is 6.09 Å². The molecule has 5 rings (SSSR count). The van der Waals surface area contributed by atoms with E-state index in [4.69, 9.17) is 4.74 Å². The minimum absolute atomic E-state index is 0.0368. The fraction of sp³-hybridized carbons (Fsp3) is 0.321. The molecule has 188 valence electrons. The lowest BCUT2D eigenvalue weighted by atomic mass is 9.86. The molecular formula is C28H26F3IN2O2. The van der Waals surface area contributed by atoms with Gasteiger partial charge in [-0.05, 0) is 59.1 Å². The Kier molecular flexibility index (Phi) is 7.52. The van der Waals surface area contributed by atoms with Gasteiger partial charge in [0.25, 0.3) is 0 Å². The third-order valence-electron chi connectivity index (χ3n) is 7.23. The van der Waals surface area contributed by atoms with E-state index < -0.39 is 29.6 Å². The number of benzene rings is 3. The molecular weight excluding hydrogens is 580 g/mol. The van der Waals surface area contributed by atoms with Crippen molar-refractivity contribution in [3.05, 3.63) is 94.8 Å². The van der Waals surface area contributed by atoms with Crippen molar-refractivity contribution in [3.63, 3.8) is 0 Å². The molecule has 2 aliphatic rings. The molecule has 8 heteroatoms. The van der Waals surface area contributed by atoms with Gasteiger partial charge < -0.3 is 10.1 Å². The van der Waals surface area contributed by atoms with Crippen LogP contribution in [0, 0.1) is 23.4 Å². The number of amides is 1. The highest BCUT2D eigenvalue weighted by atomic mass is 127. The molecule has 1 N–H and O–H groups in total. The molecule has 3 aromatic carbocycles. The Balaban J connectivity index is 1.31. The summed E-state index contributed by atoms with van der Waals surface area (Å²) < 4.78 is 49.6. The average Bonchev–Trinajstić information content (AvgIpc) is 3.20. The van der Waals surface area contributed by atoms with E-state index in [1.807, 2.05) is 36.4 Å². The number of halogens is 4. The quantitative estimate of drug-likeness (QED) is 0.195. The van der Waals surface area contributed by atoms with Crippen molar-refractivity contribution in [2.24, 2.45) is 5.92 Å². The monoisotopic (exact) mass is 606 g/mol. The molecule has 1 amide bonds. The summed E-state index contributed by atoms with van der Waals surface area (Å²) in [7, 11) is 0. The molecule has 1 fully saturated rings. The van der Waals surface area contributed by atoms with Gasteiger partial charge in [-0.3, -0.25) is 0 Å². The first-order valence-electron chi connectivity index (χ1n) is 12.1. The summed E-state index contributed by atoms with van der Waals surface area (Å²) in [4.78, 5) is 13.0. The maximum absolute atomic E-state index is 14.4. The van der Waals surface area contributed by atoms with Crippen LogP contribution in [0.5, 0.6) is 0 Å². The van der Waals surface area contributed by atoms with Crippen molar-refractivity contribution in [2.75, 3.05) is 19.7 Å². The number of nitrogens with zero attached hydrogens (tertiary/aromatic N) is 1. The lowest BCUT2D eigenvalue weighted by Gasteiger charge is -2.34. The lowest BCUT2D eigenvalue weighted by molar-refractivity contribution is 0.130. The maximum atomic E-state index is 14.4. The van der Waals surface area contributed by atoms with E-state index >= 15 is 0 Å². The van der Waals surface area contributed by atoms with E-state index in [9.17, 15) is 18.0 Å². The molecule has 36 heavy (non-hydrogen) atoms. The fourth-order valence-corrected chi connectivity index (χ4v) is 5.91. The van der Waals surface area contributed by atoms with Gasteiger partial charge in [0.15, 0.2) is 11.6 Å². The summed E-state index contributed by atoms with van der Waals surface area (Å²) in [6, 6.07) is 17.1. The normalized spacial score (nSPS) is 16.9. The van der Waals surface area contributed by atoms with Gasteiger partial charge in [0.1, 0.15) is 12.4 Å². The zero-order valence-electron chi connectivity index (χ0n) is 19.5. The van der Waals surface area contributed by atoms with E-state index in [2.05, 4.69) is 43.4 Å². The number of alkyl carbamates (subject to hydrolysis) is 1. The molecule has 1 atom stereocenters. The van der Waals surface area contributed by atoms with Crippen LogP contribution in [0.1, 0.15) is 35.4 Å². The van der Waals surface area contributed by atoms with Gasteiger partial charge in [0.05, 0.1) is 0 Å². The molecule has 1 heterocycles. The number of nitrogens with one attached hydrogen (secondary N) is 1. The first kappa shape index (κ1) is 25.1. The van der Waals surface area contributed by atoms with Gasteiger partial charge in [-0.2, -0.15) is 0 Å². The molecule has 0 spiro atoms. The van der Waals surface area contributed by atoms with E-state index in [-0.39, 0.29) is 30.4 Å². The minimum Gasteiger partial charge on any atom is -0.449 e. The highest BCUT2D eigenvalue weighted by molar-refractivity contribution is 14.1. The van der Waals surface area contributed by atoms with Crippen LogP contribution in [0.25, 0.3) is 11.1 Å². The second-order valence-electron chi connectivity index (χ2n) is 9.39. The Morgan fingerprint density at radius 1 is 0.944 bits per heavy atom. The molecule has 1 aliphatic carbocycles. The second kappa shape index (κ2) is 10.8. The first-order chi connectivity index (χ1) is 17.4. The third kappa shape index (κ3) is 5.25. The Morgan fingerprint density at radius 2 is 1.53 bits per heavy atom. The molecule has 0 unspecified atom stereocenters. The van der Waals surface area contributed by atoms with Crippen LogP contribution in [0.15, 0.2) is 60.7 Å². The van der Waals surface area contributed by atoms with Crippen molar-refractivity contribution in [2.45, 2.75) is 31.2 Å². The predicted molar refractivity (Wildman–Crippen MR) is 140 cm³/mol. The minimum atomic E-state index is -1.23. The SMILES string of the molecule is O=C(N[C@H](Cc1cc(F)c(F)cc1F)C1CCN(I)CC1)OCC1c2ccccc2-c2ccccc21. The Bertz CT molecular complexity index is 1220. The van der Waals surface area contributed by atoms with Crippen molar-refractivity contribution >= 4 is 29.0 Å². The highest BCUT2D eigenvalue weighted by Crippen LogP contribution is 2.44. The molecule has 1 saturated heterocycles. The summed E-state index contributed by atoms with van der Waals surface area (Å²) in [6.45, 7) is 1.82. The van der Waals surface area contributed by atoms with Crippen LogP contribution in [-0.2, 0) is 11.2 Å². The lowest BCUT2D eigenvalue weighted by Crippen LogP contribution is -2.45. The predicted octanol–water partition coefficient (Wildman–Crippen LogP) is 6.62. The van der Waals surface area contributed by atoms with E-state index in [1.54, 1.807) is 0 Å². The van der Waals surface area contributed by atoms with Gasteiger partial charge in [0, 0.05) is 54.0 Å². The molecule has 0 aromatic heterocycles. The number of hydrogen-bond donors (Lipinski definition) is 1. The standard InChI is InChI=1S/C28H26F3IN2O2/c29-24-15-26(31)25(30)13-18(24)14-27(17-9-11-34(32)12-10-17)33-28(35)36-16-23-21-7-3-1-5-19(21)20-6-2-4-8-22(20)23/h1-8,13,15,17,23,27H,9-12,14,16H2,(H,33,35)/t27-/m1/s1. The van der Waals surface area contributed by atoms with Crippen molar-refractivity contribution in [1.29, 1.82) is 0 Å². The molecule has 0 radical (unpaired) electrons. The zero-order valence-corrected chi connectivity index (χ0v) is 21.7. The van der Waals surface area contributed by atoms with Crippen LogP contribution >= 0.6 is 22.9 Å². The largest absolute Gasteiger partial charge is 0.449 e. The molecule has 0 bridgehead atoms. The summed E-state index contributed by atoms with van der Waals surface area (Å²) in [6.07, 6.45) is 1.05. The van der Waals surface area contributed by atoms with Gasteiger partial charge in [-0.1, -0.05) is 48.5 Å². The van der Waals surface area contributed by atoms with Crippen LogP contribution in [-0.4, -0.2) is 34.9 Å². The van der Waals surface area contributed by atoms with Crippen LogP contribution in [0.2, 0.25) is 0 Å². The van der Waals surface area contributed by atoms with Gasteiger partial charge in [-0.25, -0.2) is 21.1 Å². The number of carbonyl (C=O) groups is 1. The van der Waals surface area contributed by atoms with Crippen molar-refractivity contribution in [3.8, 4) is 11.1 Å². The molecule has 4 nitrogen and oxygen atoms in total. The van der Waals surface area contributed by atoms with Crippen LogP contribution in [0.4, 0.5) is 18.0 Å². The first-order valence-corrected chi connectivity index (χ1v) is 13.0. The highest BCUT2D eigenvalue weighted by Gasteiger charge is 2.31. The average molecular weight is 606 g/mol. The Hall–Kier alpha value is -2.59. The summed E-state index contributed by atoms with van der Waals surface area (Å²) in [5, 5.41) is 2.92. The maximum Gasteiger partial charge on any atom is 0.407 e. The third-order valence-corrected chi connectivity index (χ3v) is 8.20.